The highest BCUT2D eigenvalue weighted by Crippen LogP contribution is 2.25. The lowest BCUT2D eigenvalue weighted by molar-refractivity contribution is 0.326. The van der Waals surface area contributed by atoms with Crippen molar-refractivity contribution in [3.05, 3.63) is 28.2 Å². The Hall–Kier alpha value is -1.05. The Morgan fingerprint density at radius 3 is 2.92 bits per heavy atom. The molecule has 0 heterocycles. The van der Waals surface area contributed by atoms with Crippen molar-refractivity contribution in [3.8, 4) is 11.8 Å². The van der Waals surface area contributed by atoms with E-state index in [2.05, 4.69) is 15.9 Å². The summed E-state index contributed by atoms with van der Waals surface area (Å²) in [6.07, 6.45) is 0. The third-order valence-corrected chi connectivity index (χ3v) is 2.09. The molecule has 13 heavy (non-hydrogen) atoms. The topological polar surface area (TPSA) is 59.0 Å². The Bertz CT molecular complexity index is 333. The van der Waals surface area contributed by atoms with Crippen molar-refractivity contribution in [2.75, 3.05) is 13.2 Å². The Labute approximate surface area is 85.2 Å². The van der Waals surface area contributed by atoms with Crippen molar-refractivity contribution < 1.29 is 4.74 Å². The Kier molecular flexibility index (Phi) is 3.74. The van der Waals surface area contributed by atoms with Gasteiger partial charge in [0, 0.05) is 6.54 Å². The number of ether oxygens (including phenoxy) is 1. The molecule has 0 bridgehead atoms. The molecule has 0 aliphatic heterocycles. The fourth-order valence-corrected chi connectivity index (χ4v) is 1.21. The molecule has 1 aromatic rings. The summed E-state index contributed by atoms with van der Waals surface area (Å²) in [4.78, 5) is 0. The van der Waals surface area contributed by atoms with Gasteiger partial charge in [-0.25, -0.2) is 0 Å². The molecule has 0 saturated heterocycles. The number of halogens is 1. The zero-order valence-corrected chi connectivity index (χ0v) is 8.54. The zero-order valence-electron chi connectivity index (χ0n) is 6.96. The van der Waals surface area contributed by atoms with Gasteiger partial charge in [-0.2, -0.15) is 5.26 Å². The van der Waals surface area contributed by atoms with Crippen LogP contribution >= 0.6 is 15.9 Å². The summed E-state index contributed by atoms with van der Waals surface area (Å²) in [5.74, 6) is 0.657. The Morgan fingerprint density at radius 1 is 1.54 bits per heavy atom. The maximum absolute atomic E-state index is 8.63. The molecule has 0 amide bonds. The van der Waals surface area contributed by atoms with Gasteiger partial charge in [0.05, 0.1) is 16.1 Å². The van der Waals surface area contributed by atoms with E-state index in [0.29, 0.717) is 24.5 Å². The molecule has 0 aliphatic rings. The molecule has 0 fully saturated rings. The molecule has 4 heteroatoms. The minimum Gasteiger partial charge on any atom is -0.491 e. The fraction of sp³-hybridized carbons (Fsp3) is 0.222. The van der Waals surface area contributed by atoms with Crippen LogP contribution in [0.5, 0.6) is 5.75 Å². The van der Waals surface area contributed by atoms with Crippen LogP contribution in [-0.4, -0.2) is 13.2 Å². The molecular weight excluding hydrogens is 232 g/mol. The predicted octanol–water partition coefficient (Wildman–Crippen LogP) is 1.66. The van der Waals surface area contributed by atoms with Crippen LogP contribution in [-0.2, 0) is 0 Å². The molecule has 0 aliphatic carbocycles. The molecule has 0 saturated carbocycles. The summed E-state index contributed by atoms with van der Waals surface area (Å²) < 4.78 is 6.14. The first-order valence-electron chi connectivity index (χ1n) is 3.80. The maximum Gasteiger partial charge on any atom is 0.134 e. The van der Waals surface area contributed by atoms with Crippen LogP contribution in [0.3, 0.4) is 0 Å². The third kappa shape index (κ3) is 2.72. The summed E-state index contributed by atoms with van der Waals surface area (Å²) in [6, 6.07) is 7.22. The summed E-state index contributed by atoms with van der Waals surface area (Å²) >= 11 is 3.31. The van der Waals surface area contributed by atoms with Crippen molar-refractivity contribution >= 4 is 15.9 Å². The monoisotopic (exact) mass is 240 g/mol. The first-order valence-corrected chi connectivity index (χ1v) is 4.59. The summed E-state index contributed by atoms with van der Waals surface area (Å²) in [7, 11) is 0. The van der Waals surface area contributed by atoms with Crippen molar-refractivity contribution in [1.82, 2.24) is 0 Å². The van der Waals surface area contributed by atoms with Crippen LogP contribution in [0, 0.1) is 11.3 Å². The highest BCUT2D eigenvalue weighted by atomic mass is 79.9. The minimum atomic E-state index is 0.452. The van der Waals surface area contributed by atoms with Gasteiger partial charge in [-0.05, 0) is 34.1 Å². The third-order valence-electron chi connectivity index (χ3n) is 1.44. The molecule has 2 N–H and O–H groups in total. The van der Waals surface area contributed by atoms with Gasteiger partial charge in [0.1, 0.15) is 12.4 Å². The van der Waals surface area contributed by atoms with Gasteiger partial charge in [-0.3, -0.25) is 0 Å². The van der Waals surface area contributed by atoms with Gasteiger partial charge < -0.3 is 10.5 Å². The molecule has 0 aromatic heterocycles. The van der Waals surface area contributed by atoms with Gasteiger partial charge in [-0.15, -0.1) is 0 Å². The number of hydrogen-bond acceptors (Lipinski definition) is 3. The Balaban J connectivity index is 2.85. The molecule has 0 radical (unpaired) electrons. The number of rotatable bonds is 3. The van der Waals surface area contributed by atoms with E-state index in [0.717, 1.165) is 4.47 Å². The highest BCUT2D eigenvalue weighted by Gasteiger charge is 2.01. The first kappa shape index (κ1) is 10.0. The van der Waals surface area contributed by atoms with E-state index in [-0.39, 0.29) is 0 Å². The van der Waals surface area contributed by atoms with Crippen molar-refractivity contribution in [2.24, 2.45) is 5.73 Å². The lowest BCUT2D eigenvalue weighted by Gasteiger charge is -2.06. The average molecular weight is 241 g/mol. The summed E-state index contributed by atoms with van der Waals surface area (Å²) in [5.41, 5.74) is 5.87. The van der Waals surface area contributed by atoms with E-state index in [1.54, 1.807) is 18.2 Å². The largest absolute Gasteiger partial charge is 0.491 e. The normalized spacial score (nSPS) is 9.31. The van der Waals surface area contributed by atoms with E-state index < -0.39 is 0 Å². The second kappa shape index (κ2) is 4.85. The second-order valence-electron chi connectivity index (χ2n) is 2.39. The zero-order chi connectivity index (χ0) is 9.68. The highest BCUT2D eigenvalue weighted by molar-refractivity contribution is 9.10. The van der Waals surface area contributed by atoms with Gasteiger partial charge in [0.15, 0.2) is 0 Å². The summed E-state index contributed by atoms with van der Waals surface area (Å²) in [6.45, 7) is 0.913. The molecule has 68 valence electrons. The van der Waals surface area contributed by atoms with Crippen molar-refractivity contribution in [1.29, 1.82) is 5.26 Å². The van der Waals surface area contributed by atoms with Crippen LogP contribution in [0.25, 0.3) is 0 Å². The number of nitrogens with two attached hydrogens (primary N) is 1. The van der Waals surface area contributed by atoms with E-state index >= 15 is 0 Å². The van der Waals surface area contributed by atoms with Crippen LogP contribution in [0.15, 0.2) is 22.7 Å². The molecule has 0 unspecified atom stereocenters. The quantitative estimate of drug-likeness (QED) is 0.875. The van der Waals surface area contributed by atoms with E-state index in [4.69, 9.17) is 15.7 Å². The molecule has 1 aromatic carbocycles. The lowest BCUT2D eigenvalue weighted by Crippen LogP contribution is -2.10. The van der Waals surface area contributed by atoms with Gasteiger partial charge in [0.2, 0.25) is 0 Å². The van der Waals surface area contributed by atoms with Gasteiger partial charge in [-0.1, -0.05) is 0 Å². The Morgan fingerprint density at radius 2 is 2.31 bits per heavy atom. The van der Waals surface area contributed by atoms with Crippen LogP contribution in [0.4, 0.5) is 0 Å². The van der Waals surface area contributed by atoms with Crippen LogP contribution in [0.2, 0.25) is 0 Å². The molecule has 0 spiro atoms. The minimum absolute atomic E-state index is 0.452. The van der Waals surface area contributed by atoms with Crippen LogP contribution < -0.4 is 10.5 Å². The smallest absolute Gasteiger partial charge is 0.134 e. The van der Waals surface area contributed by atoms with E-state index in [1.165, 1.54) is 0 Å². The number of nitrogens with zero attached hydrogens (tertiary/aromatic N) is 1. The molecule has 1 rings (SSSR count). The predicted molar refractivity (Wildman–Crippen MR) is 53.4 cm³/mol. The van der Waals surface area contributed by atoms with Crippen molar-refractivity contribution in [2.45, 2.75) is 0 Å². The van der Waals surface area contributed by atoms with Crippen LogP contribution in [0.1, 0.15) is 5.56 Å². The maximum atomic E-state index is 8.63. The van der Waals surface area contributed by atoms with E-state index in [9.17, 15) is 0 Å². The standard InChI is InChI=1S/C9H9BrN2O/c10-8-2-1-7(6-12)5-9(8)13-4-3-11/h1-2,5H,3-4,11H2. The van der Waals surface area contributed by atoms with Gasteiger partial charge in [0.25, 0.3) is 0 Å². The van der Waals surface area contributed by atoms with E-state index in [1.807, 2.05) is 6.07 Å². The first-order chi connectivity index (χ1) is 6.27. The molecule has 0 atom stereocenters. The summed E-state index contributed by atoms with van der Waals surface area (Å²) in [5, 5.41) is 8.63. The second-order valence-corrected chi connectivity index (χ2v) is 3.25. The number of nitriles is 1. The lowest BCUT2D eigenvalue weighted by atomic mass is 10.2. The molecular formula is C9H9BrN2O. The van der Waals surface area contributed by atoms with Crippen molar-refractivity contribution in [3.63, 3.8) is 0 Å². The molecule has 3 nitrogen and oxygen atoms in total. The van der Waals surface area contributed by atoms with Gasteiger partial charge >= 0.3 is 0 Å². The number of hydrogen-bond donors (Lipinski definition) is 1. The number of benzene rings is 1. The average Bonchev–Trinajstić information content (AvgIpc) is 2.17. The SMILES string of the molecule is N#Cc1ccc(Br)c(OCCN)c1. The fourth-order valence-electron chi connectivity index (χ4n) is 0.852.